The number of hydrogen-bond acceptors (Lipinski definition) is 3. The van der Waals surface area contributed by atoms with Crippen molar-refractivity contribution >= 4 is 0 Å². The third-order valence-corrected chi connectivity index (χ3v) is 3.79. The highest BCUT2D eigenvalue weighted by Crippen LogP contribution is 2.35. The second-order valence-corrected chi connectivity index (χ2v) is 5.14. The molecule has 1 heterocycles. The lowest BCUT2D eigenvalue weighted by Crippen LogP contribution is -2.30. The normalized spacial score (nSPS) is 17.6. The average Bonchev–Trinajstić information content (AvgIpc) is 3.08. The largest absolute Gasteiger partial charge is 0.468 e. The first-order valence-corrected chi connectivity index (χ1v) is 6.68. The molecule has 1 aromatic rings. The van der Waals surface area contributed by atoms with Gasteiger partial charge in [0.25, 0.3) is 0 Å². The van der Waals surface area contributed by atoms with Crippen LogP contribution in [0.15, 0.2) is 16.7 Å². The third kappa shape index (κ3) is 3.33. The van der Waals surface area contributed by atoms with Gasteiger partial charge in [0.2, 0.25) is 0 Å². The van der Waals surface area contributed by atoms with Crippen LogP contribution in [0, 0.1) is 5.92 Å². The van der Waals surface area contributed by atoms with Crippen molar-refractivity contribution in [1.82, 2.24) is 10.2 Å². The Balaban J connectivity index is 1.90. The van der Waals surface area contributed by atoms with E-state index in [-0.39, 0.29) is 0 Å². The Morgan fingerprint density at radius 1 is 1.53 bits per heavy atom. The molecule has 0 bridgehead atoms. The van der Waals surface area contributed by atoms with Gasteiger partial charge < -0.3 is 9.73 Å². The molecule has 1 aliphatic carbocycles. The molecule has 2 rings (SSSR count). The molecular formula is C14H24N2O. The summed E-state index contributed by atoms with van der Waals surface area (Å²) in [7, 11) is 2.22. The summed E-state index contributed by atoms with van der Waals surface area (Å²) in [5.41, 5.74) is 1.32. The minimum Gasteiger partial charge on any atom is -0.468 e. The molecule has 1 fully saturated rings. The first-order valence-electron chi connectivity index (χ1n) is 6.68. The SMILES string of the molecule is CCNCc1occc1CN(C)C(C)C1CC1. The van der Waals surface area contributed by atoms with E-state index in [1.165, 1.54) is 18.4 Å². The third-order valence-electron chi connectivity index (χ3n) is 3.79. The van der Waals surface area contributed by atoms with Crippen LogP contribution in [-0.2, 0) is 13.1 Å². The fourth-order valence-corrected chi connectivity index (χ4v) is 2.25. The second kappa shape index (κ2) is 5.69. The lowest BCUT2D eigenvalue weighted by atomic mass is 10.1. The molecule has 0 radical (unpaired) electrons. The summed E-state index contributed by atoms with van der Waals surface area (Å²) in [6.07, 6.45) is 4.61. The van der Waals surface area contributed by atoms with Crippen molar-refractivity contribution in [3.8, 4) is 0 Å². The molecule has 0 aliphatic heterocycles. The van der Waals surface area contributed by atoms with E-state index in [4.69, 9.17) is 4.42 Å². The van der Waals surface area contributed by atoms with Crippen LogP contribution in [0.2, 0.25) is 0 Å². The predicted octanol–water partition coefficient (Wildman–Crippen LogP) is 2.62. The summed E-state index contributed by atoms with van der Waals surface area (Å²) in [6, 6.07) is 2.79. The molecule has 0 amide bonds. The highest BCUT2D eigenvalue weighted by Gasteiger charge is 2.30. The van der Waals surface area contributed by atoms with Crippen molar-refractivity contribution in [1.29, 1.82) is 0 Å². The van der Waals surface area contributed by atoms with Gasteiger partial charge in [0.15, 0.2) is 0 Å². The summed E-state index contributed by atoms with van der Waals surface area (Å²) in [6.45, 7) is 7.26. The number of nitrogens with zero attached hydrogens (tertiary/aromatic N) is 1. The lowest BCUT2D eigenvalue weighted by Gasteiger charge is -2.24. The number of nitrogens with one attached hydrogen (secondary N) is 1. The summed E-state index contributed by atoms with van der Waals surface area (Å²) in [4.78, 5) is 2.44. The van der Waals surface area contributed by atoms with Crippen LogP contribution in [0.5, 0.6) is 0 Å². The van der Waals surface area contributed by atoms with E-state index in [2.05, 4.69) is 37.2 Å². The van der Waals surface area contributed by atoms with Gasteiger partial charge >= 0.3 is 0 Å². The van der Waals surface area contributed by atoms with Crippen LogP contribution >= 0.6 is 0 Å². The molecule has 1 aromatic heterocycles. The van der Waals surface area contributed by atoms with E-state index in [0.717, 1.165) is 31.3 Å². The van der Waals surface area contributed by atoms with E-state index in [0.29, 0.717) is 6.04 Å². The van der Waals surface area contributed by atoms with Crippen molar-refractivity contribution in [2.75, 3.05) is 13.6 Å². The summed E-state index contributed by atoms with van der Waals surface area (Å²) < 4.78 is 5.53. The minimum atomic E-state index is 0.692. The molecule has 17 heavy (non-hydrogen) atoms. The second-order valence-electron chi connectivity index (χ2n) is 5.14. The van der Waals surface area contributed by atoms with Crippen LogP contribution < -0.4 is 5.32 Å². The zero-order valence-corrected chi connectivity index (χ0v) is 11.2. The Bertz CT molecular complexity index is 344. The quantitative estimate of drug-likeness (QED) is 0.789. The van der Waals surface area contributed by atoms with E-state index < -0.39 is 0 Å². The molecule has 1 N–H and O–H groups in total. The van der Waals surface area contributed by atoms with Gasteiger partial charge in [0.05, 0.1) is 12.8 Å². The molecule has 3 heteroatoms. The minimum absolute atomic E-state index is 0.692. The van der Waals surface area contributed by atoms with Gasteiger partial charge in [-0.2, -0.15) is 0 Å². The molecule has 1 saturated carbocycles. The number of furan rings is 1. The molecule has 0 spiro atoms. The van der Waals surface area contributed by atoms with Crippen molar-refractivity contribution in [3.05, 3.63) is 23.7 Å². The Kier molecular flexibility index (Phi) is 4.24. The van der Waals surface area contributed by atoms with Crippen molar-refractivity contribution < 1.29 is 4.42 Å². The van der Waals surface area contributed by atoms with Gasteiger partial charge in [-0.15, -0.1) is 0 Å². The summed E-state index contributed by atoms with van der Waals surface area (Å²) in [5.74, 6) is 2.01. The topological polar surface area (TPSA) is 28.4 Å². The number of hydrogen-bond donors (Lipinski definition) is 1. The molecular weight excluding hydrogens is 212 g/mol. The van der Waals surface area contributed by atoms with Crippen LogP contribution in [0.3, 0.4) is 0 Å². The van der Waals surface area contributed by atoms with Gasteiger partial charge in [-0.05, 0) is 45.3 Å². The van der Waals surface area contributed by atoms with Crippen LogP contribution in [0.1, 0.15) is 38.0 Å². The predicted molar refractivity (Wildman–Crippen MR) is 69.7 cm³/mol. The van der Waals surface area contributed by atoms with Crippen molar-refractivity contribution in [2.45, 2.75) is 45.8 Å². The van der Waals surface area contributed by atoms with Gasteiger partial charge in [-0.25, -0.2) is 0 Å². The smallest absolute Gasteiger partial charge is 0.122 e. The Morgan fingerprint density at radius 3 is 2.94 bits per heavy atom. The Morgan fingerprint density at radius 2 is 2.29 bits per heavy atom. The van der Waals surface area contributed by atoms with E-state index >= 15 is 0 Å². The highest BCUT2D eigenvalue weighted by atomic mass is 16.3. The molecule has 1 aliphatic rings. The van der Waals surface area contributed by atoms with Gasteiger partial charge in [0, 0.05) is 18.2 Å². The Hall–Kier alpha value is -0.800. The molecule has 0 saturated heterocycles. The standard InChI is InChI=1S/C14H24N2O/c1-4-15-9-14-13(7-8-17-14)10-16(3)11(2)12-5-6-12/h7-8,11-12,15H,4-6,9-10H2,1-3H3. The van der Waals surface area contributed by atoms with Crippen LogP contribution in [0.25, 0.3) is 0 Å². The maximum atomic E-state index is 5.53. The fraction of sp³-hybridized carbons (Fsp3) is 0.714. The Labute approximate surface area is 104 Å². The lowest BCUT2D eigenvalue weighted by molar-refractivity contribution is 0.225. The molecule has 1 atom stereocenters. The summed E-state index contributed by atoms with van der Waals surface area (Å²) >= 11 is 0. The first kappa shape index (κ1) is 12.7. The molecule has 0 aromatic carbocycles. The zero-order valence-electron chi connectivity index (χ0n) is 11.2. The number of rotatable bonds is 7. The van der Waals surface area contributed by atoms with Crippen LogP contribution in [-0.4, -0.2) is 24.5 Å². The van der Waals surface area contributed by atoms with E-state index in [1.807, 2.05) is 0 Å². The van der Waals surface area contributed by atoms with Crippen molar-refractivity contribution in [2.24, 2.45) is 5.92 Å². The zero-order chi connectivity index (χ0) is 12.3. The maximum Gasteiger partial charge on any atom is 0.122 e. The van der Waals surface area contributed by atoms with Gasteiger partial charge in [-0.1, -0.05) is 6.92 Å². The van der Waals surface area contributed by atoms with Crippen molar-refractivity contribution in [3.63, 3.8) is 0 Å². The first-order chi connectivity index (χ1) is 8.22. The molecule has 1 unspecified atom stereocenters. The molecule has 3 nitrogen and oxygen atoms in total. The van der Waals surface area contributed by atoms with Gasteiger partial charge in [0.1, 0.15) is 5.76 Å². The van der Waals surface area contributed by atoms with Gasteiger partial charge in [-0.3, -0.25) is 4.90 Å². The monoisotopic (exact) mass is 236 g/mol. The van der Waals surface area contributed by atoms with Crippen LogP contribution in [0.4, 0.5) is 0 Å². The maximum absolute atomic E-state index is 5.53. The fourth-order valence-electron chi connectivity index (χ4n) is 2.25. The van der Waals surface area contributed by atoms with E-state index in [1.54, 1.807) is 6.26 Å². The summed E-state index contributed by atoms with van der Waals surface area (Å²) in [5, 5.41) is 3.32. The van der Waals surface area contributed by atoms with E-state index in [9.17, 15) is 0 Å². The molecule has 96 valence electrons. The highest BCUT2D eigenvalue weighted by molar-refractivity contribution is 5.17. The average molecular weight is 236 g/mol.